The van der Waals surface area contributed by atoms with Crippen LogP contribution in [0.15, 0.2) is 53.3 Å². The molecule has 0 amide bonds. The van der Waals surface area contributed by atoms with Gasteiger partial charge < -0.3 is 4.98 Å². The third-order valence-electron chi connectivity index (χ3n) is 5.93. The minimum Gasteiger partial charge on any atom is -0.322 e. The molecule has 1 heterocycles. The zero-order valence-corrected chi connectivity index (χ0v) is 15.2. The summed E-state index contributed by atoms with van der Waals surface area (Å²) < 4.78 is 0. The largest absolute Gasteiger partial charge is 0.322 e. The normalized spacial score (nSPS) is 18.7. The molecule has 0 radical (unpaired) electrons. The molecule has 0 fully saturated rings. The van der Waals surface area contributed by atoms with Crippen LogP contribution < -0.4 is 5.56 Å². The summed E-state index contributed by atoms with van der Waals surface area (Å²) in [7, 11) is 0. The smallest absolute Gasteiger partial charge is 0.251 e. The van der Waals surface area contributed by atoms with Crippen molar-refractivity contribution in [3.63, 3.8) is 0 Å². The van der Waals surface area contributed by atoms with Crippen LogP contribution in [0.3, 0.4) is 0 Å². The predicted molar refractivity (Wildman–Crippen MR) is 104 cm³/mol. The first-order valence-corrected chi connectivity index (χ1v) is 9.16. The Morgan fingerprint density at radius 1 is 1.19 bits per heavy atom. The van der Waals surface area contributed by atoms with E-state index in [4.69, 9.17) is 0 Å². The van der Waals surface area contributed by atoms with Crippen LogP contribution in [0.25, 0.3) is 10.9 Å². The van der Waals surface area contributed by atoms with Gasteiger partial charge in [0.05, 0.1) is 11.5 Å². The first kappa shape index (κ1) is 16.6. The lowest BCUT2D eigenvalue weighted by Gasteiger charge is -2.36. The van der Waals surface area contributed by atoms with Crippen LogP contribution in [0.5, 0.6) is 0 Å². The van der Waals surface area contributed by atoms with Crippen molar-refractivity contribution in [3.05, 3.63) is 81.1 Å². The Morgan fingerprint density at radius 2 is 2.00 bits per heavy atom. The molecule has 0 unspecified atom stereocenters. The van der Waals surface area contributed by atoms with Crippen LogP contribution in [0.2, 0.25) is 0 Å². The van der Waals surface area contributed by atoms with Crippen molar-refractivity contribution >= 4 is 10.9 Å². The zero-order chi connectivity index (χ0) is 18.3. The van der Waals surface area contributed by atoms with Gasteiger partial charge in [-0.15, -0.1) is 0 Å². The maximum atomic E-state index is 12.0. The van der Waals surface area contributed by atoms with Crippen molar-refractivity contribution in [3.8, 4) is 6.07 Å². The van der Waals surface area contributed by atoms with Gasteiger partial charge in [0.15, 0.2) is 0 Å². The highest BCUT2D eigenvalue weighted by Crippen LogP contribution is 2.45. The minimum atomic E-state index is -0.632. The van der Waals surface area contributed by atoms with E-state index in [2.05, 4.69) is 35.3 Å². The van der Waals surface area contributed by atoms with Gasteiger partial charge >= 0.3 is 0 Å². The number of hydrogen-bond donors (Lipinski definition) is 1. The van der Waals surface area contributed by atoms with Gasteiger partial charge in [0.25, 0.3) is 5.56 Å². The van der Waals surface area contributed by atoms with E-state index >= 15 is 0 Å². The number of fused-ring (bicyclic) bond motifs is 2. The number of H-pyrrole nitrogens is 1. The van der Waals surface area contributed by atoms with E-state index in [0.717, 1.165) is 35.7 Å². The average Bonchev–Trinajstić information content (AvgIpc) is 2.67. The molecule has 3 heteroatoms. The highest BCUT2D eigenvalue weighted by atomic mass is 16.1. The van der Waals surface area contributed by atoms with Crippen molar-refractivity contribution in [1.29, 1.82) is 5.26 Å². The van der Waals surface area contributed by atoms with Crippen molar-refractivity contribution < 1.29 is 0 Å². The molecule has 0 bridgehead atoms. The number of nitrogens with one attached hydrogen (secondary N) is 1. The molecule has 0 saturated heterocycles. The van der Waals surface area contributed by atoms with Crippen LogP contribution in [-0.2, 0) is 11.8 Å². The number of pyridine rings is 1. The fraction of sp³-hybridized carbons (Fsp3) is 0.304. The monoisotopic (exact) mass is 342 g/mol. The van der Waals surface area contributed by atoms with E-state index in [1.165, 1.54) is 11.1 Å². The molecule has 0 spiro atoms. The number of aryl methyl sites for hydroxylation is 2. The molecular weight excluding hydrogens is 320 g/mol. The molecule has 1 aliphatic rings. The van der Waals surface area contributed by atoms with Crippen molar-refractivity contribution in [2.45, 2.75) is 44.4 Å². The van der Waals surface area contributed by atoms with Gasteiger partial charge in [-0.3, -0.25) is 4.79 Å². The average molecular weight is 342 g/mol. The maximum Gasteiger partial charge on any atom is 0.251 e. The van der Waals surface area contributed by atoms with Gasteiger partial charge in [-0.25, -0.2) is 0 Å². The fourth-order valence-corrected chi connectivity index (χ4v) is 4.33. The number of rotatable bonds is 2. The molecule has 2 aromatic carbocycles. The Kier molecular flexibility index (Phi) is 3.92. The Balaban J connectivity index is 1.87. The standard InChI is InChI=1S/C23H22N2O/c1-15-12-17-10-11-18(13-21(17)25-22(15)26)23(2,14-24)20-9-5-7-16-6-3-4-8-19(16)20/h3-4,6,8,10-13,20H,5,7,9H2,1-2H3,(H,25,26)/t20-,23+/m0/s1. The van der Waals surface area contributed by atoms with Gasteiger partial charge in [-0.2, -0.15) is 5.26 Å². The van der Waals surface area contributed by atoms with E-state index in [1.807, 2.05) is 38.1 Å². The van der Waals surface area contributed by atoms with Crippen molar-refractivity contribution in [1.82, 2.24) is 4.98 Å². The first-order chi connectivity index (χ1) is 12.5. The van der Waals surface area contributed by atoms with Gasteiger partial charge in [0.1, 0.15) is 0 Å². The molecule has 1 aromatic heterocycles. The Labute approximate surface area is 153 Å². The van der Waals surface area contributed by atoms with Gasteiger partial charge in [0, 0.05) is 17.0 Å². The Morgan fingerprint density at radius 3 is 2.81 bits per heavy atom. The summed E-state index contributed by atoms with van der Waals surface area (Å²) in [5, 5.41) is 11.2. The minimum absolute atomic E-state index is 0.0728. The van der Waals surface area contributed by atoms with Crippen molar-refractivity contribution in [2.24, 2.45) is 0 Å². The second-order valence-corrected chi connectivity index (χ2v) is 7.54. The second kappa shape index (κ2) is 6.14. The third-order valence-corrected chi connectivity index (χ3v) is 5.93. The van der Waals surface area contributed by atoms with E-state index in [-0.39, 0.29) is 11.5 Å². The molecule has 3 nitrogen and oxygen atoms in total. The number of benzene rings is 2. The molecule has 0 aliphatic heterocycles. The summed E-state index contributed by atoms with van der Waals surface area (Å²) in [5.41, 5.74) is 4.41. The van der Waals surface area contributed by atoms with E-state index in [0.29, 0.717) is 5.56 Å². The SMILES string of the molecule is Cc1cc2ccc([C@@](C)(C#N)[C@H]3CCCc4ccccc43)cc2[nH]c1=O. The van der Waals surface area contributed by atoms with E-state index in [9.17, 15) is 10.1 Å². The highest BCUT2D eigenvalue weighted by Gasteiger charge is 2.39. The summed E-state index contributed by atoms with van der Waals surface area (Å²) in [6.07, 6.45) is 3.19. The summed E-state index contributed by atoms with van der Waals surface area (Å²) in [4.78, 5) is 15.0. The Bertz CT molecular complexity index is 1090. The lowest BCUT2D eigenvalue weighted by molar-refractivity contribution is 0.414. The number of aromatic nitrogens is 1. The highest BCUT2D eigenvalue weighted by molar-refractivity contribution is 5.80. The van der Waals surface area contributed by atoms with Crippen LogP contribution in [-0.4, -0.2) is 4.98 Å². The number of nitriles is 1. The summed E-state index contributed by atoms with van der Waals surface area (Å²) >= 11 is 0. The van der Waals surface area contributed by atoms with Crippen molar-refractivity contribution in [2.75, 3.05) is 0 Å². The third kappa shape index (κ3) is 2.54. The van der Waals surface area contributed by atoms with E-state index < -0.39 is 5.41 Å². The van der Waals surface area contributed by atoms with Crippen LogP contribution >= 0.6 is 0 Å². The molecule has 26 heavy (non-hydrogen) atoms. The van der Waals surface area contributed by atoms with Crippen LogP contribution in [0, 0.1) is 18.3 Å². The number of nitrogens with zero attached hydrogens (tertiary/aromatic N) is 1. The molecule has 0 saturated carbocycles. The fourth-order valence-electron chi connectivity index (χ4n) is 4.33. The lowest BCUT2D eigenvalue weighted by atomic mass is 9.65. The van der Waals surface area contributed by atoms with Crippen LogP contribution in [0.4, 0.5) is 0 Å². The number of aromatic amines is 1. The maximum absolute atomic E-state index is 12.0. The summed E-state index contributed by atoms with van der Waals surface area (Å²) in [6.45, 7) is 3.85. The molecule has 1 aliphatic carbocycles. The van der Waals surface area contributed by atoms with Crippen LogP contribution in [0.1, 0.15) is 47.9 Å². The first-order valence-electron chi connectivity index (χ1n) is 9.16. The van der Waals surface area contributed by atoms with Gasteiger partial charge in [0.2, 0.25) is 0 Å². The lowest BCUT2D eigenvalue weighted by Crippen LogP contribution is -2.31. The van der Waals surface area contributed by atoms with Gasteiger partial charge in [-0.05, 0) is 67.3 Å². The topological polar surface area (TPSA) is 56.6 Å². The predicted octanol–water partition coefficient (Wildman–Crippen LogP) is 4.74. The van der Waals surface area contributed by atoms with Gasteiger partial charge in [-0.1, -0.05) is 36.4 Å². The Hall–Kier alpha value is -2.86. The summed E-state index contributed by atoms with van der Waals surface area (Å²) in [6, 6.07) is 19.0. The molecule has 4 rings (SSSR count). The summed E-state index contributed by atoms with van der Waals surface area (Å²) in [5.74, 6) is 0.159. The molecule has 2 atom stereocenters. The second-order valence-electron chi connectivity index (χ2n) is 7.54. The molecule has 3 aromatic rings. The molecule has 1 N–H and O–H groups in total. The molecular formula is C23H22N2O. The zero-order valence-electron chi connectivity index (χ0n) is 15.2. The van der Waals surface area contributed by atoms with E-state index in [1.54, 1.807) is 0 Å². The quantitative estimate of drug-likeness (QED) is 0.731. The molecule has 130 valence electrons. The number of hydrogen-bond acceptors (Lipinski definition) is 2.